The molecule has 22 heavy (non-hydrogen) atoms. The van der Waals surface area contributed by atoms with E-state index in [0.717, 1.165) is 31.7 Å². The van der Waals surface area contributed by atoms with Crippen LogP contribution in [0.5, 0.6) is 5.75 Å². The lowest BCUT2D eigenvalue weighted by molar-refractivity contribution is 0.0755. The molecule has 1 aromatic heterocycles. The van der Waals surface area contributed by atoms with Gasteiger partial charge in [-0.25, -0.2) is 4.98 Å². The highest BCUT2D eigenvalue weighted by molar-refractivity contribution is 5.92. The first-order chi connectivity index (χ1) is 10.8. The molecule has 1 fully saturated rings. The number of carbonyl (C=O) groups excluding carboxylic acids is 1. The van der Waals surface area contributed by atoms with E-state index in [1.807, 2.05) is 35.2 Å². The third kappa shape index (κ3) is 3.67. The fraction of sp³-hybridized carbons (Fsp3) is 0.412. The normalized spacial score (nSPS) is 15.4. The third-order valence-corrected chi connectivity index (χ3v) is 3.77. The van der Waals surface area contributed by atoms with E-state index in [4.69, 9.17) is 9.15 Å². The summed E-state index contributed by atoms with van der Waals surface area (Å²) in [5.41, 5.74) is 0.369. The van der Waals surface area contributed by atoms with Gasteiger partial charge in [0.05, 0.1) is 0 Å². The molecular weight excluding hydrogens is 280 g/mol. The van der Waals surface area contributed by atoms with E-state index in [1.165, 1.54) is 19.1 Å². The van der Waals surface area contributed by atoms with Gasteiger partial charge in [-0.15, -0.1) is 0 Å². The van der Waals surface area contributed by atoms with Crippen molar-refractivity contribution in [1.29, 1.82) is 0 Å². The quantitative estimate of drug-likeness (QED) is 0.869. The zero-order valence-corrected chi connectivity index (χ0v) is 12.5. The van der Waals surface area contributed by atoms with E-state index in [-0.39, 0.29) is 12.5 Å². The molecule has 0 atom stereocenters. The Morgan fingerprint density at radius 2 is 1.86 bits per heavy atom. The molecule has 1 saturated heterocycles. The van der Waals surface area contributed by atoms with Crippen molar-refractivity contribution < 1.29 is 13.9 Å². The first-order valence-electron chi connectivity index (χ1n) is 7.74. The van der Waals surface area contributed by atoms with E-state index in [9.17, 15) is 4.79 Å². The number of para-hydroxylation sites is 1. The summed E-state index contributed by atoms with van der Waals surface area (Å²) in [7, 11) is 0. The van der Waals surface area contributed by atoms with Crippen LogP contribution in [-0.4, -0.2) is 28.9 Å². The molecular formula is C17H20N2O3. The molecule has 1 aliphatic rings. The van der Waals surface area contributed by atoms with Crippen molar-refractivity contribution in [3.63, 3.8) is 0 Å². The molecule has 5 heteroatoms. The molecule has 0 radical (unpaired) electrons. The molecule has 1 amide bonds. The molecule has 116 valence electrons. The summed E-state index contributed by atoms with van der Waals surface area (Å²) in [5, 5.41) is 0. The van der Waals surface area contributed by atoms with E-state index >= 15 is 0 Å². The molecule has 0 aliphatic carbocycles. The van der Waals surface area contributed by atoms with Crippen LogP contribution in [0.15, 0.2) is 41.0 Å². The molecule has 2 aromatic rings. The van der Waals surface area contributed by atoms with Crippen molar-refractivity contribution in [2.24, 2.45) is 0 Å². The fourth-order valence-corrected chi connectivity index (χ4v) is 2.57. The van der Waals surface area contributed by atoms with Gasteiger partial charge in [0.1, 0.15) is 12.0 Å². The molecule has 1 aliphatic heterocycles. The van der Waals surface area contributed by atoms with Gasteiger partial charge < -0.3 is 14.1 Å². The average Bonchev–Trinajstić information content (AvgIpc) is 2.87. The van der Waals surface area contributed by atoms with Gasteiger partial charge in [0, 0.05) is 13.1 Å². The van der Waals surface area contributed by atoms with Crippen LogP contribution in [-0.2, 0) is 6.61 Å². The maximum Gasteiger partial charge on any atom is 0.275 e. The topological polar surface area (TPSA) is 55.6 Å². The molecule has 0 bridgehead atoms. The van der Waals surface area contributed by atoms with Crippen molar-refractivity contribution in [3.05, 3.63) is 48.2 Å². The second-order valence-electron chi connectivity index (χ2n) is 5.43. The largest absolute Gasteiger partial charge is 0.484 e. The minimum atomic E-state index is -0.0448. The Morgan fingerprint density at radius 1 is 1.14 bits per heavy atom. The summed E-state index contributed by atoms with van der Waals surface area (Å²) in [6, 6.07) is 9.47. The number of likely N-dealkylation sites (tertiary alicyclic amines) is 1. The molecule has 0 spiro atoms. The lowest BCUT2D eigenvalue weighted by Gasteiger charge is -2.18. The lowest BCUT2D eigenvalue weighted by atomic mass is 10.2. The van der Waals surface area contributed by atoms with E-state index < -0.39 is 0 Å². The van der Waals surface area contributed by atoms with Gasteiger partial charge >= 0.3 is 0 Å². The molecule has 0 N–H and O–H groups in total. The predicted molar refractivity (Wildman–Crippen MR) is 81.6 cm³/mol. The SMILES string of the molecule is O=C(c1coc(COc2ccccc2)n1)N1CCCCCC1. The molecule has 5 nitrogen and oxygen atoms in total. The Labute approximate surface area is 129 Å². The highest BCUT2D eigenvalue weighted by Crippen LogP contribution is 2.15. The number of nitrogens with zero attached hydrogens (tertiary/aromatic N) is 2. The Bertz CT molecular complexity index is 601. The smallest absolute Gasteiger partial charge is 0.275 e. The van der Waals surface area contributed by atoms with Crippen LogP contribution in [0.3, 0.4) is 0 Å². The Morgan fingerprint density at radius 3 is 2.59 bits per heavy atom. The van der Waals surface area contributed by atoms with Crippen LogP contribution in [0, 0.1) is 0 Å². The Hall–Kier alpha value is -2.30. The van der Waals surface area contributed by atoms with Gasteiger partial charge in [-0.1, -0.05) is 31.0 Å². The Balaban J connectivity index is 1.59. The lowest BCUT2D eigenvalue weighted by Crippen LogP contribution is -2.32. The van der Waals surface area contributed by atoms with E-state index in [0.29, 0.717) is 11.6 Å². The van der Waals surface area contributed by atoms with Crippen molar-refractivity contribution in [2.45, 2.75) is 32.3 Å². The zero-order chi connectivity index (χ0) is 15.2. The number of amides is 1. The number of benzene rings is 1. The van der Waals surface area contributed by atoms with Crippen LogP contribution < -0.4 is 4.74 Å². The molecule has 0 unspecified atom stereocenters. The van der Waals surface area contributed by atoms with Crippen LogP contribution in [0.1, 0.15) is 42.1 Å². The summed E-state index contributed by atoms with van der Waals surface area (Å²) in [5.74, 6) is 1.12. The number of hydrogen-bond donors (Lipinski definition) is 0. The minimum absolute atomic E-state index is 0.0448. The maximum absolute atomic E-state index is 12.4. The number of rotatable bonds is 4. The summed E-state index contributed by atoms with van der Waals surface area (Å²) < 4.78 is 10.9. The number of oxazole rings is 1. The molecule has 0 saturated carbocycles. The molecule has 2 heterocycles. The van der Waals surface area contributed by atoms with Crippen LogP contribution in [0.4, 0.5) is 0 Å². The van der Waals surface area contributed by atoms with Crippen LogP contribution in [0.25, 0.3) is 0 Å². The second-order valence-corrected chi connectivity index (χ2v) is 5.43. The summed E-state index contributed by atoms with van der Waals surface area (Å²) in [6.07, 6.45) is 5.94. The van der Waals surface area contributed by atoms with Gasteiger partial charge in [-0.05, 0) is 25.0 Å². The highest BCUT2D eigenvalue weighted by Gasteiger charge is 2.20. The van der Waals surface area contributed by atoms with Crippen LogP contribution >= 0.6 is 0 Å². The second kappa shape index (κ2) is 7.11. The van der Waals surface area contributed by atoms with Gasteiger partial charge in [0.25, 0.3) is 5.91 Å². The van der Waals surface area contributed by atoms with Crippen molar-refractivity contribution in [1.82, 2.24) is 9.88 Å². The number of aromatic nitrogens is 1. The van der Waals surface area contributed by atoms with Gasteiger partial charge in [-0.3, -0.25) is 4.79 Å². The van der Waals surface area contributed by atoms with Crippen molar-refractivity contribution in [2.75, 3.05) is 13.1 Å². The standard InChI is InChI=1S/C17H20N2O3/c20-17(19-10-6-1-2-7-11-19)15-12-22-16(18-15)13-21-14-8-4-3-5-9-14/h3-5,8-9,12H,1-2,6-7,10-11,13H2. The van der Waals surface area contributed by atoms with Gasteiger partial charge in [0.2, 0.25) is 5.89 Å². The van der Waals surface area contributed by atoms with Gasteiger partial charge in [-0.2, -0.15) is 0 Å². The molecule has 3 rings (SSSR count). The van der Waals surface area contributed by atoms with Crippen molar-refractivity contribution in [3.8, 4) is 5.75 Å². The Kier molecular flexibility index (Phi) is 4.73. The summed E-state index contributed by atoms with van der Waals surface area (Å²) >= 11 is 0. The number of ether oxygens (including phenoxy) is 1. The summed E-state index contributed by atoms with van der Waals surface area (Å²) in [4.78, 5) is 18.5. The average molecular weight is 300 g/mol. The first-order valence-corrected chi connectivity index (χ1v) is 7.74. The monoisotopic (exact) mass is 300 g/mol. The zero-order valence-electron chi connectivity index (χ0n) is 12.5. The summed E-state index contributed by atoms with van der Waals surface area (Å²) in [6.45, 7) is 1.83. The van der Waals surface area contributed by atoms with Gasteiger partial charge in [0.15, 0.2) is 12.3 Å². The first kappa shape index (κ1) is 14.6. The maximum atomic E-state index is 12.4. The fourth-order valence-electron chi connectivity index (χ4n) is 2.57. The number of hydrogen-bond acceptors (Lipinski definition) is 4. The predicted octanol–water partition coefficient (Wildman–Crippen LogP) is 3.27. The third-order valence-electron chi connectivity index (χ3n) is 3.77. The van der Waals surface area contributed by atoms with Crippen molar-refractivity contribution >= 4 is 5.91 Å². The molecule has 1 aromatic carbocycles. The highest BCUT2D eigenvalue weighted by atomic mass is 16.5. The van der Waals surface area contributed by atoms with Crippen LogP contribution in [0.2, 0.25) is 0 Å². The minimum Gasteiger partial charge on any atom is -0.484 e. The van der Waals surface area contributed by atoms with E-state index in [2.05, 4.69) is 4.98 Å². The number of carbonyl (C=O) groups is 1. The van der Waals surface area contributed by atoms with E-state index in [1.54, 1.807) is 0 Å².